The zero-order valence-electron chi connectivity index (χ0n) is 19.8. The standard InChI is InChI=1S/C26H34N6O.HI/c1-2-27-26(28-18-22-7-5-8-23(17-22)20-32-12-6-11-30-32)29-19-24-9-3-4-10-25(24)21-31-13-15-33-16-14-31;/h3-12,17H,2,13-16,18-21H2,1H3,(H2,27,28,29);1H. The van der Waals surface area contributed by atoms with Crippen LogP contribution in [0.25, 0.3) is 0 Å². The second-order valence-corrected chi connectivity index (χ2v) is 8.23. The lowest BCUT2D eigenvalue weighted by molar-refractivity contribution is 0.0341. The Bertz CT molecular complexity index is 1020. The third kappa shape index (κ3) is 8.11. The van der Waals surface area contributed by atoms with Gasteiger partial charge in [-0.2, -0.15) is 5.10 Å². The second-order valence-electron chi connectivity index (χ2n) is 8.23. The maximum absolute atomic E-state index is 5.49. The Balaban J connectivity index is 0.00000324. The molecule has 0 aliphatic carbocycles. The van der Waals surface area contributed by atoms with E-state index >= 15 is 0 Å². The Morgan fingerprint density at radius 2 is 1.76 bits per heavy atom. The van der Waals surface area contributed by atoms with Crippen LogP contribution in [0.3, 0.4) is 0 Å². The maximum Gasteiger partial charge on any atom is 0.191 e. The summed E-state index contributed by atoms with van der Waals surface area (Å²) in [5, 5.41) is 11.2. The van der Waals surface area contributed by atoms with E-state index in [0.717, 1.165) is 58.4 Å². The fraction of sp³-hybridized carbons (Fsp3) is 0.385. The highest BCUT2D eigenvalue weighted by Gasteiger charge is 2.12. The summed E-state index contributed by atoms with van der Waals surface area (Å²) >= 11 is 0. The maximum atomic E-state index is 5.49. The number of halogens is 1. The van der Waals surface area contributed by atoms with Crippen LogP contribution in [0.5, 0.6) is 0 Å². The van der Waals surface area contributed by atoms with Crippen LogP contribution in [0.4, 0.5) is 0 Å². The molecule has 1 aromatic heterocycles. The number of aromatic nitrogens is 2. The van der Waals surface area contributed by atoms with E-state index in [9.17, 15) is 0 Å². The molecule has 182 valence electrons. The van der Waals surface area contributed by atoms with Gasteiger partial charge in [0.25, 0.3) is 0 Å². The van der Waals surface area contributed by atoms with Gasteiger partial charge >= 0.3 is 0 Å². The van der Waals surface area contributed by atoms with Crippen LogP contribution in [0.1, 0.15) is 29.2 Å². The highest BCUT2D eigenvalue weighted by Crippen LogP contribution is 2.13. The Labute approximate surface area is 219 Å². The molecule has 1 fully saturated rings. The van der Waals surface area contributed by atoms with Gasteiger partial charge in [-0.3, -0.25) is 9.58 Å². The molecule has 0 amide bonds. The molecule has 34 heavy (non-hydrogen) atoms. The average Bonchev–Trinajstić information content (AvgIpc) is 3.36. The highest BCUT2D eigenvalue weighted by atomic mass is 127. The van der Waals surface area contributed by atoms with Gasteiger partial charge in [-0.25, -0.2) is 4.99 Å². The summed E-state index contributed by atoms with van der Waals surface area (Å²) in [6.07, 6.45) is 3.79. The normalized spacial score (nSPS) is 14.4. The van der Waals surface area contributed by atoms with Crippen LogP contribution >= 0.6 is 24.0 Å². The molecule has 0 atom stereocenters. The van der Waals surface area contributed by atoms with Crippen molar-refractivity contribution < 1.29 is 4.74 Å². The molecule has 2 N–H and O–H groups in total. The van der Waals surface area contributed by atoms with Crippen molar-refractivity contribution in [3.63, 3.8) is 0 Å². The van der Waals surface area contributed by atoms with Crippen LogP contribution < -0.4 is 10.6 Å². The molecule has 7 nitrogen and oxygen atoms in total. The van der Waals surface area contributed by atoms with Gasteiger partial charge in [-0.15, -0.1) is 24.0 Å². The van der Waals surface area contributed by atoms with Gasteiger partial charge in [0.05, 0.1) is 26.3 Å². The first-order chi connectivity index (χ1) is 16.3. The Morgan fingerprint density at radius 3 is 2.53 bits per heavy atom. The van der Waals surface area contributed by atoms with Gasteiger partial charge in [-0.1, -0.05) is 48.5 Å². The minimum Gasteiger partial charge on any atom is -0.379 e. The molecular formula is C26H35IN6O. The van der Waals surface area contributed by atoms with E-state index in [-0.39, 0.29) is 24.0 Å². The Morgan fingerprint density at radius 1 is 0.971 bits per heavy atom. The average molecular weight is 575 g/mol. The molecule has 0 unspecified atom stereocenters. The third-order valence-corrected chi connectivity index (χ3v) is 5.72. The number of morpholine rings is 1. The Hall–Kier alpha value is -2.43. The summed E-state index contributed by atoms with van der Waals surface area (Å²) in [5.41, 5.74) is 5.07. The van der Waals surface area contributed by atoms with E-state index in [0.29, 0.717) is 6.54 Å². The molecule has 0 bridgehead atoms. The molecule has 1 saturated heterocycles. The molecule has 0 spiro atoms. The van der Waals surface area contributed by atoms with Crippen molar-refractivity contribution in [2.45, 2.75) is 33.1 Å². The van der Waals surface area contributed by atoms with Crippen LogP contribution in [0.15, 0.2) is 72.0 Å². The SMILES string of the molecule is CCNC(=NCc1cccc(Cn2cccn2)c1)NCc1ccccc1CN1CCOCC1.I. The lowest BCUT2D eigenvalue weighted by atomic mass is 10.1. The molecule has 1 aliphatic rings. The van der Waals surface area contributed by atoms with Crippen molar-refractivity contribution in [2.24, 2.45) is 4.99 Å². The molecule has 0 radical (unpaired) electrons. The number of benzene rings is 2. The fourth-order valence-corrected chi connectivity index (χ4v) is 3.98. The van der Waals surface area contributed by atoms with Crippen molar-refractivity contribution in [1.82, 2.24) is 25.3 Å². The quantitative estimate of drug-likeness (QED) is 0.232. The van der Waals surface area contributed by atoms with Gasteiger partial charge in [0.1, 0.15) is 0 Å². The predicted molar refractivity (Wildman–Crippen MR) is 147 cm³/mol. The number of nitrogens with zero attached hydrogens (tertiary/aromatic N) is 4. The highest BCUT2D eigenvalue weighted by molar-refractivity contribution is 14.0. The number of guanidine groups is 1. The van der Waals surface area contributed by atoms with E-state index in [2.05, 4.69) is 76.1 Å². The minimum atomic E-state index is 0. The lowest BCUT2D eigenvalue weighted by Crippen LogP contribution is -2.38. The molecule has 8 heteroatoms. The first-order valence-electron chi connectivity index (χ1n) is 11.7. The fourth-order valence-electron chi connectivity index (χ4n) is 3.98. The number of hydrogen-bond donors (Lipinski definition) is 2. The summed E-state index contributed by atoms with van der Waals surface area (Å²) in [5.74, 6) is 0.830. The molecule has 1 aliphatic heterocycles. The smallest absolute Gasteiger partial charge is 0.191 e. The van der Waals surface area contributed by atoms with Crippen molar-refractivity contribution in [3.8, 4) is 0 Å². The topological polar surface area (TPSA) is 66.7 Å². The molecule has 3 aromatic rings. The van der Waals surface area contributed by atoms with E-state index in [1.807, 2.05) is 23.1 Å². The van der Waals surface area contributed by atoms with E-state index in [1.54, 1.807) is 0 Å². The van der Waals surface area contributed by atoms with Crippen LogP contribution in [-0.4, -0.2) is 53.5 Å². The lowest BCUT2D eigenvalue weighted by Gasteiger charge is -2.27. The molecule has 2 heterocycles. The number of aliphatic imine (C=N–C) groups is 1. The Kier molecular flexibility index (Phi) is 10.8. The monoisotopic (exact) mass is 574 g/mol. The van der Waals surface area contributed by atoms with E-state index < -0.39 is 0 Å². The summed E-state index contributed by atoms with van der Waals surface area (Å²) in [6.45, 7) is 9.62. The van der Waals surface area contributed by atoms with Crippen molar-refractivity contribution >= 4 is 29.9 Å². The van der Waals surface area contributed by atoms with Crippen molar-refractivity contribution in [2.75, 3.05) is 32.8 Å². The summed E-state index contributed by atoms with van der Waals surface area (Å²) in [4.78, 5) is 7.28. The van der Waals surface area contributed by atoms with Crippen LogP contribution in [-0.2, 0) is 30.9 Å². The van der Waals surface area contributed by atoms with Gasteiger partial charge in [0.2, 0.25) is 0 Å². The summed E-state index contributed by atoms with van der Waals surface area (Å²) in [6, 6.07) is 19.1. The van der Waals surface area contributed by atoms with E-state index in [1.165, 1.54) is 22.3 Å². The zero-order valence-corrected chi connectivity index (χ0v) is 22.2. The van der Waals surface area contributed by atoms with Crippen molar-refractivity contribution in [3.05, 3.63) is 89.2 Å². The first-order valence-corrected chi connectivity index (χ1v) is 11.7. The minimum absolute atomic E-state index is 0. The van der Waals surface area contributed by atoms with Crippen LogP contribution in [0.2, 0.25) is 0 Å². The molecular weight excluding hydrogens is 539 g/mol. The largest absolute Gasteiger partial charge is 0.379 e. The number of ether oxygens (including phenoxy) is 1. The van der Waals surface area contributed by atoms with Gasteiger partial charge in [-0.05, 0) is 35.2 Å². The van der Waals surface area contributed by atoms with Crippen molar-refractivity contribution in [1.29, 1.82) is 0 Å². The number of hydrogen-bond acceptors (Lipinski definition) is 4. The third-order valence-electron chi connectivity index (χ3n) is 5.72. The van der Waals surface area contributed by atoms with Gasteiger partial charge in [0, 0.05) is 45.1 Å². The molecule has 0 saturated carbocycles. The predicted octanol–water partition coefficient (Wildman–Crippen LogP) is 3.64. The summed E-state index contributed by atoms with van der Waals surface area (Å²) in [7, 11) is 0. The second kappa shape index (κ2) is 14.1. The van der Waals surface area contributed by atoms with Gasteiger partial charge in [0.15, 0.2) is 5.96 Å². The molecule has 4 rings (SSSR count). The summed E-state index contributed by atoms with van der Waals surface area (Å²) < 4.78 is 7.42. The number of nitrogens with one attached hydrogen (secondary N) is 2. The van der Waals surface area contributed by atoms with Gasteiger partial charge < -0.3 is 15.4 Å². The zero-order chi connectivity index (χ0) is 22.7. The van der Waals surface area contributed by atoms with Crippen LogP contribution in [0, 0.1) is 0 Å². The van der Waals surface area contributed by atoms with E-state index in [4.69, 9.17) is 9.73 Å². The molecule has 2 aromatic carbocycles. The first kappa shape index (κ1) is 26.2. The number of rotatable bonds is 9.